The molecule has 2 aliphatic rings. The van der Waals surface area contributed by atoms with E-state index in [4.69, 9.17) is 4.74 Å². The van der Waals surface area contributed by atoms with Gasteiger partial charge in [-0.1, -0.05) is 36.4 Å². The van der Waals surface area contributed by atoms with Gasteiger partial charge in [-0.15, -0.1) is 0 Å². The van der Waals surface area contributed by atoms with Gasteiger partial charge in [0.1, 0.15) is 17.8 Å². The lowest BCUT2D eigenvalue weighted by atomic mass is 9.92. The summed E-state index contributed by atoms with van der Waals surface area (Å²) in [6, 6.07) is 15.1. The van der Waals surface area contributed by atoms with Crippen LogP contribution in [0.1, 0.15) is 53.7 Å². The predicted octanol–water partition coefficient (Wildman–Crippen LogP) is 6.90. The molecule has 49 heavy (non-hydrogen) atoms. The van der Waals surface area contributed by atoms with Crippen LogP contribution in [0.2, 0.25) is 0 Å². The first-order valence-electron chi connectivity index (χ1n) is 16.5. The Morgan fingerprint density at radius 1 is 1.04 bits per heavy atom. The number of aliphatic hydroxyl groups excluding tert-OH is 1. The molecule has 8 rings (SSSR count). The number of pyridine rings is 1. The van der Waals surface area contributed by atoms with E-state index < -0.39 is 29.0 Å². The maximum absolute atomic E-state index is 15.8. The summed E-state index contributed by atoms with van der Waals surface area (Å²) in [5.41, 5.74) is 3.89. The summed E-state index contributed by atoms with van der Waals surface area (Å²) < 4.78 is 39.1. The van der Waals surface area contributed by atoms with Gasteiger partial charge in [-0.3, -0.25) is 9.59 Å². The molecule has 1 fully saturated rings. The summed E-state index contributed by atoms with van der Waals surface area (Å²) in [7, 11) is 0. The summed E-state index contributed by atoms with van der Waals surface area (Å²) in [6.07, 6.45) is 6.49. The number of nitrogens with one attached hydrogen (secondary N) is 1. The number of fused-ring (bicyclic) bond motifs is 1. The van der Waals surface area contributed by atoms with Crippen molar-refractivity contribution < 1.29 is 23.4 Å². The van der Waals surface area contributed by atoms with E-state index in [0.29, 0.717) is 66.6 Å². The number of piperidine rings is 1. The zero-order valence-electron chi connectivity index (χ0n) is 26.7. The molecular weight excluding hydrogens is 628 g/mol. The van der Waals surface area contributed by atoms with Crippen molar-refractivity contribution >= 4 is 33.4 Å². The van der Waals surface area contributed by atoms with Crippen LogP contribution in [0, 0.1) is 11.6 Å². The summed E-state index contributed by atoms with van der Waals surface area (Å²) in [4.78, 5) is 41.0. The Bertz CT molecular complexity index is 2310. The van der Waals surface area contributed by atoms with Gasteiger partial charge in [-0.25, -0.2) is 18.7 Å². The maximum Gasteiger partial charge on any atom is 0.232 e. The molecule has 3 aromatic carbocycles. The number of anilines is 1. The number of benzene rings is 3. The minimum atomic E-state index is -0.697. The van der Waals surface area contributed by atoms with E-state index >= 15 is 8.78 Å². The number of aromatic nitrogens is 4. The molecule has 11 heteroatoms. The Balaban J connectivity index is 1.09. The quantitative estimate of drug-likeness (QED) is 0.179. The number of H-pyrrole nitrogens is 1. The Labute approximate surface area is 279 Å². The molecule has 0 aliphatic carbocycles. The van der Waals surface area contributed by atoms with Gasteiger partial charge in [0.15, 0.2) is 22.8 Å². The van der Waals surface area contributed by atoms with E-state index in [1.54, 1.807) is 18.5 Å². The van der Waals surface area contributed by atoms with Gasteiger partial charge in [-0.2, -0.15) is 0 Å². The van der Waals surface area contributed by atoms with Crippen molar-refractivity contribution in [3.8, 4) is 22.8 Å². The molecule has 2 aliphatic heterocycles. The summed E-state index contributed by atoms with van der Waals surface area (Å²) in [6.45, 7) is 3.06. The first-order valence-corrected chi connectivity index (χ1v) is 16.5. The van der Waals surface area contributed by atoms with Gasteiger partial charge in [0, 0.05) is 54.5 Å². The highest BCUT2D eigenvalue weighted by Crippen LogP contribution is 2.39. The lowest BCUT2D eigenvalue weighted by Crippen LogP contribution is -2.37. The highest BCUT2D eigenvalue weighted by Gasteiger charge is 2.30. The highest BCUT2D eigenvalue weighted by atomic mass is 19.1. The smallest absolute Gasteiger partial charge is 0.232 e. The fourth-order valence-electron chi connectivity index (χ4n) is 7.24. The van der Waals surface area contributed by atoms with Gasteiger partial charge >= 0.3 is 0 Å². The third kappa shape index (κ3) is 5.44. The molecule has 1 saturated heterocycles. The monoisotopic (exact) mass is 661 g/mol. The zero-order chi connectivity index (χ0) is 33.8. The second-order valence-electron chi connectivity index (χ2n) is 12.9. The molecule has 5 heterocycles. The molecule has 3 aromatic heterocycles. The second-order valence-corrected chi connectivity index (χ2v) is 12.9. The number of carbonyl (C=O) groups is 1. The minimum Gasteiger partial charge on any atom is -0.435 e. The van der Waals surface area contributed by atoms with Gasteiger partial charge in [0.05, 0.1) is 28.3 Å². The number of Topliss-reactive ketones (excluding diaryl/α,β-unsaturated/α-hetero) is 1. The first-order chi connectivity index (χ1) is 23.8. The number of ketones is 1. The van der Waals surface area contributed by atoms with Crippen LogP contribution in [-0.2, 0) is 12.8 Å². The molecule has 1 atom stereocenters. The minimum absolute atomic E-state index is 0.0202. The summed E-state index contributed by atoms with van der Waals surface area (Å²) in [5, 5.41) is 10.8. The Morgan fingerprint density at radius 2 is 1.84 bits per heavy atom. The van der Waals surface area contributed by atoms with Gasteiger partial charge < -0.3 is 24.3 Å². The fourth-order valence-corrected chi connectivity index (χ4v) is 7.24. The third-order valence-electron chi connectivity index (χ3n) is 9.80. The molecular formula is C38H33F2N5O4. The fraction of sp³-hybridized carbons (Fsp3) is 0.263. The van der Waals surface area contributed by atoms with E-state index in [1.807, 2.05) is 46.7 Å². The van der Waals surface area contributed by atoms with Crippen LogP contribution in [0.4, 0.5) is 14.5 Å². The van der Waals surface area contributed by atoms with Crippen LogP contribution in [-0.4, -0.2) is 49.6 Å². The molecule has 2 N–H and O–H groups in total. The van der Waals surface area contributed by atoms with E-state index in [0.717, 1.165) is 16.7 Å². The molecule has 9 nitrogen and oxygen atoms in total. The number of ether oxygens (including phenoxy) is 1. The Morgan fingerprint density at radius 3 is 2.61 bits per heavy atom. The van der Waals surface area contributed by atoms with Crippen LogP contribution in [0.5, 0.6) is 11.6 Å². The first kappa shape index (κ1) is 30.9. The van der Waals surface area contributed by atoms with Crippen molar-refractivity contribution in [1.82, 2.24) is 19.5 Å². The van der Waals surface area contributed by atoms with Crippen LogP contribution >= 0.6 is 0 Å². The average Bonchev–Trinajstić information content (AvgIpc) is 3.54. The molecule has 0 radical (unpaired) electrons. The Kier molecular flexibility index (Phi) is 7.71. The Hall–Kier alpha value is -5.42. The van der Waals surface area contributed by atoms with Crippen molar-refractivity contribution in [2.75, 3.05) is 18.0 Å². The van der Waals surface area contributed by atoms with Crippen LogP contribution < -0.4 is 15.1 Å². The van der Waals surface area contributed by atoms with Crippen LogP contribution in [0.3, 0.4) is 0 Å². The van der Waals surface area contributed by atoms with Crippen molar-refractivity contribution in [1.29, 1.82) is 0 Å². The van der Waals surface area contributed by atoms with Crippen molar-refractivity contribution in [3.63, 3.8) is 0 Å². The lowest BCUT2D eigenvalue weighted by molar-refractivity contribution is 0.0991. The van der Waals surface area contributed by atoms with Gasteiger partial charge in [0.25, 0.3) is 0 Å². The topological polar surface area (TPSA) is 113 Å². The van der Waals surface area contributed by atoms with Gasteiger partial charge in [0.2, 0.25) is 5.88 Å². The van der Waals surface area contributed by atoms with Crippen molar-refractivity contribution in [3.05, 3.63) is 112 Å². The molecule has 0 saturated carbocycles. The SMILES string of the molecule is CC1CCc2c(N3CCC(O)CC3)c(F)cc3c(=O)c(C(=O)Cc4ccc(Oc5ncnc6[nH]cc(-c7ccccc7)c56)c(F)c4)cn1c23. The highest BCUT2D eigenvalue weighted by molar-refractivity contribution is 6.01. The lowest BCUT2D eigenvalue weighted by Gasteiger charge is -2.36. The summed E-state index contributed by atoms with van der Waals surface area (Å²) >= 11 is 0. The number of hydrogen-bond donors (Lipinski definition) is 2. The predicted molar refractivity (Wildman–Crippen MR) is 182 cm³/mol. The molecule has 0 bridgehead atoms. The number of aryl methyl sites for hydroxylation is 1. The van der Waals surface area contributed by atoms with E-state index in [2.05, 4.69) is 15.0 Å². The molecule has 248 valence electrons. The van der Waals surface area contributed by atoms with Crippen molar-refractivity contribution in [2.24, 2.45) is 0 Å². The average molecular weight is 662 g/mol. The zero-order valence-corrected chi connectivity index (χ0v) is 26.7. The van der Waals surface area contributed by atoms with Crippen LogP contribution in [0.15, 0.2) is 78.1 Å². The molecule has 1 unspecified atom stereocenters. The maximum atomic E-state index is 15.8. The number of carbonyl (C=O) groups excluding carboxylic acids is 1. The number of nitrogens with zero attached hydrogens (tertiary/aromatic N) is 4. The van der Waals surface area contributed by atoms with Gasteiger partial charge in [-0.05, 0) is 61.9 Å². The molecule has 0 spiro atoms. The summed E-state index contributed by atoms with van der Waals surface area (Å²) in [5.74, 6) is -1.60. The number of aliphatic hydroxyl groups is 1. The van der Waals surface area contributed by atoms with E-state index in [1.165, 1.54) is 24.5 Å². The normalized spacial score (nSPS) is 16.4. The second kappa shape index (κ2) is 12.2. The molecule has 6 aromatic rings. The van der Waals surface area contributed by atoms with E-state index in [-0.39, 0.29) is 35.0 Å². The van der Waals surface area contributed by atoms with E-state index in [9.17, 15) is 14.7 Å². The number of rotatable bonds is 7. The molecule has 0 amide bonds. The standard InChI is InChI=1S/C38H33F2N5O4/c1-21-7-9-25-34-26(17-30(40)35(25)44-13-11-24(46)12-14-44)36(48)28(19-45(21)34)31(47)16-22-8-10-32(29(39)15-22)49-38-33-27(23-5-3-2-4-6-23)18-41-37(33)42-20-43-38/h2-6,8,10,15,17-21,24,46H,7,9,11-14,16H2,1H3,(H,41,42,43). The third-order valence-corrected chi connectivity index (χ3v) is 9.80. The number of hydrogen-bond acceptors (Lipinski definition) is 7. The van der Waals surface area contributed by atoms with Crippen LogP contribution in [0.25, 0.3) is 33.1 Å². The largest absolute Gasteiger partial charge is 0.435 e. The number of halogens is 2. The number of aromatic amines is 1. The van der Waals surface area contributed by atoms with Crippen molar-refractivity contribution in [2.45, 2.75) is 51.2 Å².